The maximum atomic E-state index is 13.0. The number of hydrogen-bond donors (Lipinski definition) is 1. The van der Waals surface area contributed by atoms with Gasteiger partial charge in [-0.3, -0.25) is 4.79 Å². The molecule has 0 unspecified atom stereocenters. The van der Waals surface area contributed by atoms with E-state index in [0.29, 0.717) is 16.4 Å². The van der Waals surface area contributed by atoms with Gasteiger partial charge in [0.25, 0.3) is 5.91 Å². The number of hydrogen-bond acceptors (Lipinski definition) is 2. The van der Waals surface area contributed by atoms with Crippen LogP contribution < -0.4 is 5.32 Å². The number of halogens is 1. The van der Waals surface area contributed by atoms with Gasteiger partial charge in [0.15, 0.2) is 5.69 Å². The van der Waals surface area contributed by atoms with Crippen LogP contribution in [0.25, 0.3) is 27.7 Å². The van der Waals surface area contributed by atoms with Crippen LogP contribution in [-0.2, 0) is 0 Å². The Morgan fingerprint density at radius 3 is 2.44 bits per heavy atom. The van der Waals surface area contributed by atoms with Crippen molar-refractivity contribution in [2.24, 2.45) is 0 Å². The monoisotopic (exact) mass is 437 g/mol. The predicted molar refractivity (Wildman–Crippen MR) is 131 cm³/mol. The van der Waals surface area contributed by atoms with Gasteiger partial charge in [-0.2, -0.15) is 5.10 Å². The molecule has 156 valence electrons. The van der Waals surface area contributed by atoms with Gasteiger partial charge in [-0.1, -0.05) is 72.3 Å². The van der Waals surface area contributed by atoms with Gasteiger partial charge in [0.05, 0.1) is 22.1 Å². The number of amides is 1. The first-order chi connectivity index (χ1) is 15.6. The number of anilines is 1. The first-order valence-electron chi connectivity index (χ1n) is 10.3. The predicted octanol–water partition coefficient (Wildman–Crippen LogP) is 6.91. The Morgan fingerprint density at radius 2 is 1.62 bits per heavy atom. The van der Waals surface area contributed by atoms with Crippen molar-refractivity contribution in [3.63, 3.8) is 0 Å². The molecule has 4 aromatic carbocycles. The minimum absolute atomic E-state index is 0.313. The lowest BCUT2D eigenvalue weighted by atomic mass is 10.0. The Balaban J connectivity index is 1.62. The molecule has 4 nitrogen and oxygen atoms in total. The van der Waals surface area contributed by atoms with E-state index < -0.39 is 0 Å². The number of benzene rings is 4. The Morgan fingerprint density at radius 1 is 0.844 bits per heavy atom. The molecule has 0 aliphatic heterocycles. The number of carbonyl (C=O) groups excluding carboxylic acids is 1. The fourth-order valence-electron chi connectivity index (χ4n) is 3.75. The van der Waals surface area contributed by atoms with Crippen molar-refractivity contribution >= 4 is 34.0 Å². The summed E-state index contributed by atoms with van der Waals surface area (Å²) in [5.41, 5.74) is 4.70. The zero-order valence-electron chi connectivity index (χ0n) is 17.4. The number of carbonyl (C=O) groups is 1. The van der Waals surface area contributed by atoms with Gasteiger partial charge in [0.2, 0.25) is 0 Å². The van der Waals surface area contributed by atoms with Crippen LogP contribution >= 0.6 is 11.6 Å². The second-order valence-electron chi connectivity index (χ2n) is 7.66. The van der Waals surface area contributed by atoms with Gasteiger partial charge in [-0.15, -0.1) is 0 Å². The summed E-state index contributed by atoms with van der Waals surface area (Å²) >= 11 is 6.22. The molecule has 0 spiro atoms. The normalized spacial score (nSPS) is 10.9. The van der Waals surface area contributed by atoms with E-state index in [1.54, 1.807) is 12.1 Å². The summed E-state index contributed by atoms with van der Waals surface area (Å²) in [6, 6.07) is 31.5. The number of aromatic nitrogens is 2. The lowest BCUT2D eigenvalue weighted by molar-refractivity contribution is 0.102. The molecule has 1 heterocycles. The lowest BCUT2D eigenvalue weighted by Gasteiger charge is -2.09. The average molecular weight is 438 g/mol. The zero-order valence-corrected chi connectivity index (χ0v) is 18.2. The molecule has 0 saturated carbocycles. The van der Waals surface area contributed by atoms with Crippen LogP contribution in [0.1, 0.15) is 16.1 Å². The fraction of sp³-hybridized carbons (Fsp3) is 0.0370. The third kappa shape index (κ3) is 3.88. The van der Waals surface area contributed by atoms with E-state index in [0.717, 1.165) is 33.3 Å². The van der Waals surface area contributed by atoms with Crippen molar-refractivity contribution < 1.29 is 4.79 Å². The highest BCUT2D eigenvalue weighted by Gasteiger charge is 2.18. The molecule has 1 N–H and O–H groups in total. The molecule has 5 rings (SSSR count). The molecule has 1 amide bonds. The summed E-state index contributed by atoms with van der Waals surface area (Å²) in [7, 11) is 0. The maximum Gasteiger partial charge on any atom is 0.276 e. The van der Waals surface area contributed by atoms with E-state index in [-0.39, 0.29) is 5.91 Å². The molecule has 32 heavy (non-hydrogen) atoms. The molecule has 0 aliphatic rings. The number of nitrogens with one attached hydrogen (secondary N) is 1. The van der Waals surface area contributed by atoms with Crippen molar-refractivity contribution in [3.8, 4) is 16.9 Å². The van der Waals surface area contributed by atoms with Crippen molar-refractivity contribution in [1.29, 1.82) is 0 Å². The second-order valence-corrected chi connectivity index (χ2v) is 8.07. The van der Waals surface area contributed by atoms with Crippen molar-refractivity contribution in [1.82, 2.24) is 9.78 Å². The number of rotatable bonds is 4. The largest absolute Gasteiger partial charge is 0.319 e. The van der Waals surface area contributed by atoms with Gasteiger partial charge < -0.3 is 5.32 Å². The first kappa shape index (κ1) is 20.0. The van der Waals surface area contributed by atoms with Crippen LogP contribution in [0.3, 0.4) is 0 Å². The Kier molecular flexibility index (Phi) is 5.21. The Labute approximate surface area is 191 Å². The molecule has 0 fully saturated rings. The van der Waals surface area contributed by atoms with E-state index in [2.05, 4.69) is 40.7 Å². The Hall–Kier alpha value is -3.89. The smallest absolute Gasteiger partial charge is 0.276 e. The molecule has 0 aliphatic carbocycles. The molecule has 1 aromatic heterocycles. The minimum Gasteiger partial charge on any atom is -0.319 e. The van der Waals surface area contributed by atoms with Gasteiger partial charge in [0.1, 0.15) is 0 Å². The molecule has 0 radical (unpaired) electrons. The van der Waals surface area contributed by atoms with Crippen molar-refractivity contribution in [2.45, 2.75) is 6.92 Å². The van der Waals surface area contributed by atoms with E-state index in [1.807, 2.05) is 66.2 Å². The quantitative estimate of drug-likeness (QED) is 0.332. The number of fused-ring (bicyclic) bond motifs is 1. The summed E-state index contributed by atoms with van der Waals surface area (Å²) in [6.07, 6.45) is 0. The standard InChI is InChI=1S/C27H20ClN3O/c1-18-7-6-10-22(15-18)31-26(21-14-13-19-8-2-3-9-20(19)16-21)17-25(30-31)27(32)29-24-12-5-4-11-23(24)28/h2-17H,1H3,(H,29,32). The molecule has 0 atom stereocenters. The lowest BCUT2D eigenvalue weighted by Crippen LogP contribution is -2.13. The SMILES string of the molecule is Cc1cccc(-n2nc(C(=O)Nc3ccccc3Cl)cc2-c2ccc3ccccc3c2)c1. The average Bonchev–Trinajstić information content (AvgIpc) is 3.26. The third-order valence-corrected chi connectivity index (χ3v) is 5.69. The van der Waals surface area contributed by atoms with Crippen LogP contribution in [0.15, 0.2) is 97.1 Å². The van der Waals surface area contributed by atoms with E-state index >= 15 is 0 Å². The van der Waals surface area contributed by atoms with Crippen LogP contribution in [0.4, 0.5) is 5.69 Å². The van der Waals surface area contributed by atoms with E-state index in [9.17, 15) is 4.79 Å². The van der Waals surface area contributed by atoms with Crippen LogP contribution in [-0.4, -0.2) is 15.7 Å². The highest BCUT2D eigenvalue weighted by molar-refractivity contribution is 6.33. The van der Waals surface area contributed by atoms with E-state index in [4.69, 9.17) is 11.6 Å². The van der Waals surface area contributed by atoms with Gasteiger partial charge in [0, 0.05) is 5.56 Å². The van der Waals surface area contributed by atoms with Gasteiger partial charge in [-0.25, -0.2) is 4.68 Å². The topological polar surface area (TPSA) is 46.9 Å². The molecular formula is C27H20ClN3O. The van der Waals surface area contributed by atoms with Crippen LogP contribution in [0.5, 0.6) is 0 Å². The summed E-state index contributed by atoms with van der Waals surface area (Å²) in [5, 5.41) is 10.3. The fourth-order valence-corrected chi connectivity index (χ4v) is 3.93. The third-order valence-electron chi connectivity index (χ3n) is 5.36. The summed E-state index contributed by atoms with van der Waals surface area (Å²) in [4.78, 5) is 13.0. The van der Waals surface area contributed by atoms with Crippen molar-refractivity contribution in [2.75, 3.05) is 5.32 Å². The molecule has 0 bridgehead atoms. The van der Waals surface area contributed by atoms with E-state index in [1.165, 1.54) is 0 Å². The number of nitrogens with zero attached hydrogens (tertiary/aromatic N) is 2. The summed E-state index contributed by atoms with van der Waals surface area (Å²) < 4.78 is 1.82. The van der Waals surface area contributed by atoms with Gasteiger partial charge >= 0.3 is 0 Å². The van der Waals surface area contributed by atoms with Crippen molar-refractivity contribution in [3.05, 3.63) is 113 Å². The number of para-hydroxylation sites is 1. The summed E-state index contributed by atoms with van der Waals surface area (Å²) in [6.45, 7) is 2.04. The molecule has 5 heteroatoms. The van der Waals surface area contributed by atoms with Crippen LogP contribution in [0, 0.1) is 6.92 Å². The highest BCUT2D eigenvalue weighted by Crippen LogP contribution is 2.28. The molecule has 5 aromatic rings. The summed E-state index contributed by atoms with van der Waals surface area (Å²) in [5.74, 6) is -0.313. The minimum atomic E-state index is -0.313. The highest BCUT2D eigenvalue weighted by atomic mass is 35.5. The second kappa shape index (κ2) is 8.33. The van der Waals surface area contributed by atoms with Gasteiger partial charge in [-0.05, 0) is 59.7 Å². The first-order valence-corrected chi connectivity index (χ1v) is 10.7. The Bertz CT molecular complexity index is 1450. The number of aryl methyl sites for hydroxylation is 1. The molecule has 0 saturated heterocycles. The maximum absolute atomic E-state index is 13.0. The molecular weight excluding hydrogens is 418 g/mol. The van der Waals surface area contributed by atoms with Crippen LogP contribution in [0.2, 0.25) is 5.02 Å². The zero-order chi connectivity index (χ0) is 22.1.